The number of likely N-dealkylation sites (tertiary alicyclic amines) is 1. The van der Waals surface area contributed by atoms with Gasteiger partial charge in [0.25, 0.3) is 0 Å². The summed E-state index contributed by atoms with van der Waals surface area (Å²) in [5.74, 6) is 1.07. The van der Waals surface area contributed by atoms with E-state index in [1.54, 1.807) is 0 Å². The van der Waals surface area contributed by atoms with Crippen LogP contribution in [0.15, 0.2) is 18.3 Å². The number of hydrogen-bond acceptors (Lipinski definition) is 4. The van der Waals surface area contributed by atoms with Gasteiger partial charge in [0.05, 0.1) is 0 Å². The normalized spacial score (nSPS) is 21.7. The molecule has 2 atom stereocenters. The smallest absolute Gasteiger partial charge is 0.128 e. The van der Waals surface area contributed by atoms with Crippen molar-refractivity contribution in [2.45, 2.75) is 44.7 Å². The Morgan fingerprint density at radius 1 is 1.50 bits per heavy atom. The first-order valence-electron chi connectivity index (χ1n) is 7.72. The van der Waals surface area contributed by atoms with Crippen LogP contribution in [0, 0.1) is 0 Å². The van der Waals surface area contributed by atoms with E-state index in [1.165, 1.54) is 24.9 Å². The van der Waals surface area contributed by atoms with Crippen LogP contribution in [-0.2, 0) is 6.42 Å². The standard InChI is InChI=1S/C16H28N4/c1-4-14(17)10-13-7-8-16(18-11-13)20(3)15-6-5-9-19(2)12-15/h7-8,11,14-15H,4-6,9-10,12,17H2,1-3H3. The molecule has 20 heavy (non-hydrogen) atoms. The number of rotatable bonds is 5. The fraction of sp³-hybridized carbons (Fsp3) is 0.688. The van der Waals surface area contributed by atoms with E-state index in [2.05, 4.69) is 47.9 Å². The molecular formula is C16H28N4. The lowest BCUT2D eigenvalue weighted by Crippen LogP contribution is -2.45. The fourth-order valence-corrected chi connectivity index (χ4v) is 2.84. The zero-order valence-corrected chi connectivity index (χ0v) is 13.0. The van der Waals surface area contributed by atoms with E-state index >= 15 is 0 Å². The minimum atomic E-state index is 0.243. The minimum absolute atomic E-state index is 0.243. The van der Waals surface area contributed by atoms with Crippen molar-refractivity contribution in [3.63, 3.8) is 0 Å². The Bertz CT molecular complexity index is 403. The molecule has 1 aromatic heterocycles. The van der Waals surface area contributed by atoms with E-state index in [0.717, 1.165) is 25.2 Å². The first kappa shape index (κ1) is 15.3. The Morgan fingerprint density at radius 2 is 2.30 bits per heavy atom. The van der Waals surface area contributed by atoms with E-state index in [-0.39, 0.29) is 6.04 Å². The summed E-state index contributed by atoms with van der Waals surface area (Å²) in [6, 6.07) is 5.12. The molecule has 0 aromatic carbocycles. The first-order valence-corrected chi connectivity index (χ1v) is 7.72. The van der Waals surface area contributed by atoms with Crippen LogP contribution in [0.25, 0.3) is 0 Å². The van der Waals surface area contributed by atoms with Gasteiger partial charge in [-0.2, -0.15) is 0 Å². The van der Waals surface area contributed by atoms with Crippen molar-refractivity contribution in [3.05, 3.63) is 23.9 Å². The van der Waals surface area contributed by atoms with Gasteiger partial charge in [0, 0.05) is 31.9 Å². The van der Waals surface area contributed by atoms with Crippen LogP contribution < -0.4 is 10.6 Å². The third kappa shape index (κ3) is 3.93. The van der Waals surface area contributed by atoms with Crippen molar-refractivity contribution in [2.75, 3.05) is 32.1 Å². The second-order valence-corrected chi connectivity index (χ2v) is 6.07. The molecule has 2 rings (SSSR count). The topological polar surface area (TPSA) is 45.4 Å². The van der Waals surface area contributed by atoms with Gasteiger partial charge in [0.1, 0.15) is 5.82 Å². The number of aromatic nitrogens is 1. The molecule has 1 fully saturated rings. The predicted molar refractivity (Wildman–Crippen MR) is 85.1 cm³/mol. The molecule has 2 unspecified atom stereocenters. The van der Waals surface area contributed by atoms with Crippen LogP contribution >= 0.6 is 0 Å². The molecule has 2 N–H and O–H groups in total. The van der Waals surface area contributed by atoms with E-state index in [4.69, 9.17) is 5.73 Å². The SMILES string of the molecule is CCC(N)Cc1ccc(N(C)C2CCCN(C)C2)nc1. The molecule has 0 radical (unpaired) electrons. The van der Waals surface area contributed by atoms with Gasteiger partial charge in [-0.3, -0.25) is 0 Å². The van der Waals surface area contributed by atoms with Gasteiger partial charge in [-0.1, -0.05) is 13.0 Å². The maximum atomic E-state index is 5.99. The third-order valence-corrected chi connectivity index (χ3v) is 4.34. The van der Waals surface area contributed by atoms with Gasteiger partial charge in [-0.25, -0.2) is 4.98 Å². The lowest BCUT2D eigenvalue weighted by Gasteiger charge is -2.36. The maximum Gasteiger partial charge on any atom is 0.128 e. The van der Waals surface area contributed by atoms with Gasteiger partial charge in [-0.05, 0) is 50.9 Å². The summed E-state index contributed by atoms with van der Waals surface area (Å²) in [5, 5.41) is 0. The number of anilines is 1. The average Bonchev–Trinajstić information content (AvgIpc) is 2.47. The number of pyridine rings is 1. The molecule has 0 aliphatic carbocycles. The quantitative estimate of drug-likeness (QED) is 0.892. The van der Waals surface area contributed by atoms with Crippen molar-refractivity contribution in [1.29, 1.82) is 0 Å². The van der Waals surface area contributed by atoms with Crippen LogP contribution in [0.2, 0.25) is 0 Å². The molecule has 1 aromatic rings. The lowest BCUT2D eigenvalue weighted by molar-refractivity contribution is 0.247. The molecule has 0 saturated carbocycles. The second-order valence-electron chi connectivity index (χ2n) is 6.07. The van der Waals surface area contributed by atoms with E-state index in [1.807, 2.05) is 6.20 Å². The molecule has 2 heterocycles. The van der Waals surface area contributed by atoms with Crippen molar-refractivity contribution < 1.29 is 0 Å². The van der Waals surface area contributed by atoms with E-state index < -0.39 is 0 Å². The Hall–Kier alpha value is -1.13. The Balaban J connectivity index is 1.98. The molecule has 112 valence electrons. The van der Waals surface area contributed by atoms with E-state index in [9.17, 15) is 0 Å². The van der Waals surface area contributed by atoms with Gasteiger partial charge in [0.15, 0.2) is 0 Å². The van der Waals surface area contributed by atoms with Crippen LogP contribution in [0.1, 0.15) is 31.7 Å². The molecule has 1 saturated heterocycles. The molecule has 0 spiro atoms. The summed E-state index contributed by atoms with van der Waals surface area (Å²) in [7, 11) is 4.35. The van der Waals surface area contributed by atoms with Crippen LogP contribution in [-0.4, -0.2) is 49.2 Å². The van der Waals surface area contributed by atoms with Crippen LogP contribution in [0.3, 0.4) is 0 Å². The summed E-state index contributed by atoms with van der Waals surface area (Å²) >= 11 is 0. The average molecular weight is 276 g/mol. The largest absolute Gasteiger partial charge is 0.355 e. The summed E-state index contributed by atoms with van der Waals surface area (Å²) in [5.41, 5.74) is 7.22. The zero-order chi connectivity index (χ0) is 14.5. The first-order chi connectivity index (χ1) is 9.60. The summed E-state index contributed by atoms with van der Waals surface area (Å²) in [4.78, 5) is 9.34. The number of nitrogens with zero attached hydrogens (tertiary/aromatic N) is 3. The van der Waals surface area contributed by atoms with Crippen molar-refractivity contribution in [1.82, 2.24) is 9.88 Å². The highest BCUT2D eigenvalue weighted by molar-refractivity contribution is 5.40. The van der Waals surface area contributed by atoms with Gasteiger partial charge >= 0.3 is 0 Å². The molecule has 4 nitrogen and oxygen atoms in total. The van der Waals surface area contributed by atoms with Crippen LogP contribution in [0.5, 0.6) is 0 Å². The molecule has 4 heteroatoms. The molecular weight excluding hydrogens is 248 g/mol. The number of likely N-dealkylation sites (N-methyl/N-ethyl adjacent to an activating group) is 2. The second kappa shape index (κ2) is 7.04. The van der Waals surface area contributed by atoms with Crippen LogP contribution in [0.4, 0.5) is 5.82 Å². The number of piperidine rings is 1. The predicted octanol–water partition coefficient (Wildman–Crippen LogP) is 1.89. The highest BCUT2D eigenvalue weighted by Gasteiger charge is 2.21. The highest BCUT2D eigenvalue weighted by atomic mass is 15.2. The van der Waals surface area contributed by atoms with Gasteiger partial charge < -0.3 is 15.5 Å². The molecule has 1 aliphatic rings. The van der Waals surface area contributed by atoms with Gasteiger partial charge in [0.2, 0.25) is 0 Å². The lowest BCUT2D eigenvalue weighted by atomic mass is 10.0. The number of nitrogens with two attached hydrogens (primary N) is 1. The monoisotopic (exact) mass is 276 g/mol. The molecule has 1 aliphatic heterocycles. The summed E-state index contributed by atoms with van der Waals surface area (Å²) in [6.45, 7) is 4.46. The minimum Gasteiger partial charge on any atom is -0.355 e. The fourth-order valence-electron chi connectivity index (χ4n) is 2.84. The Morgan fingerprint density at radius 3 is 2.90 bits per heavy atom. The summed E-state index contributed by atoms with van der Waals surface area (Å²) < 4.78 is 0. The summed E-state index contributed by atoms with van der Waals surface area (Å²) in [6.07, 6.45) is 6.43. The third-order valence-electron chi connectivity index (χ3n) is 4.34. The molecule has 0 amide bonds. The van der Waals surface area contributed by atoms with E-state index in [0.29, 0.717) is 6.04 Å². The molecule has 0 bridgehead atoms. The van der Waals surface area contributed by atoms with Crippen molar-refractivity contribution >= 4 is 5.82 Å². The number of hydrogen-bond donors (Lipinski definition) is 1. The zero-order valence-electron chi connectivity index (χ0n) is 13.0. The Labute approximate surface area is 123 Å². The maximum absolute atomic E-state index is 5.99. The van der Waals surface area contributed by atoms with Crippen molar-refractivity contribution in [3.8, 4) is 0 Å². The van der Waals surface area contributed by atoms with Crippen molar-refractivity contribution in [2.24, 2.45) is 5.73 Å². The van der Waals surface area contributed by atoms with Gasteiger partial charge in [-0.15, -0.1) is 0 Å². The highest BCUT2D eigenvalue weighted by Crippen LogP contribution is 2.19. The Kier molecular flexibility index (Phi) is 5.38.